The summed E-state index contributed by atoms with van der Waals surface area (Å²) in [5.74, 6) is -0.343. The average Bonchev–Trinajstić information content (AvgIpc) is 2.17. The Balaban J connectivity index is 2.69. The zero-order valence-corrected chi connectivity index (χ0v) is 8.43. The minimum Gasteiger partial charge on any atom is -0.324 e. The molecular weight excluding hydrogens is 223 g/mol. The van der Waals surface area contributed by atoms with Crippen LogP contribution in [0, 0.1) is 0 Å². The van der Waals surface area contributed by atoms with Gasteiger partial charge in [0.1, 0.15) is 5.69 Å². The van der Waals surface area contributed by atoms with Crippen LogP contribution in [0.3, 0.4) is 0 Å². The summed E-state index contributed by atoms with van der Waals surface area (Å²) in [5.41, 5.74) is -0.757. The van der Waals surface area contributed by atoms with Gasteiger partial charge < -0.3 is 10.6 Å². The van der Waals surface area contributed by atoms with Crippen LogP contribution in [0.1, 0.15) is 5.69 Å². The second kappa shape index (κ2) is 4.93. The summed E-state index contributed by atoms with van der Waals surface area (Å²) in [7, 11) is 1.59. The number of nitrogens with one attached hydrogen (secondary N) is 2. The van der Waals surface area contributed by atoms with Crippen molar-refractivity contribution in [2.75, 3.05) is 18.9 Å². The number of hydrogen-bond acceptors (Lipinski definition) is 3. The van der Waals surface area contributed by atoms with E-state index in [0.29, 0.717) is 0 Å². The van der Waals surface area contributed by atoms with Crippen LogP contribution in [-0.2, 0) is 11.0 Å². The predicted molar refractivity (Wildman–Crippen MR) is 51.8 cm³/mol. The number of halogens is 3. The first-order valence-electron chi connectivity index (χ1n) is 4.41. The van der Waals surface area contributed by atoms with Crippen LogP contribution in [0.2, 0.25) is 0 Å². The number of hydrogen-bond donors (Lipinski definition) is 2. The molecule has 0 radical (unpaired) electrons. The van der Waals surface area contributed by atoms with Crippen molar-refractivity contribution in [3.05, 3.63) is 24.0 Å². The number of likely N-dealkylation sites (N-methyl/N-ethyl adjacent to an activating group) is 1. The Morgan fingerprint density at radius 3 is 2.56 bits per heavy atom. The van der Waals surface area contributed by atoms with E-state index in [-0.39, 0.29) is 18.1 Å². The van der Waals surface area contributed by atoms with Gasteiger partial charge >= 0.3 is 6.18 Å². The number of carbonyl (C=O) groups excluding carboxylic acids is 1. The molecule has 7 heteroatoms. The van der Waals surface area contributed by atoms with Crippen LogP contribution in [0.4, 0.5) is 18.9 Å². The molecule has 0 aliphatic heterocycles. The van der Waals surface area contributed by atoms with Gasteiger partial charge in [0, 0.05) is 0 Å². The number of pyridine rings is 1. The number of alkyl halides is 3. The molecule has 0 aromatic carbocycles. The molecule has 0 saturated heterocycles. The smallest absolute Gasteiger partial charge is 0.324 e. The summed E-state index contributed by atoms with van der Waals surface area (Å²) >= 11 is 0. The first-order chi connectivity index (χ1) is 7.43. The van der Waals surface area contributed by atoms with Crippen molar-refractivity contribution in [2.24, 2.45) is 0 Å². The van der Waals surface area contributed by atoms with Gasteiger partial charge in [-0.1, -0.05) is 0 Å². The van der Waals surface area contributed by atoms with Gasteiger partial charge in [-0.15, -0.1) is 0 Å². The lowest BCUT2D eigenvalue weighted by molar-refractivity contribution is -0.141. The summed E-state index contributed by atoms with van der Waals surface area (Å²) in [5, 5.41) is 5.00. The van der Waals surface area contributed by atoms with E-state index in [4.69, 9.17) is 0 Å². The topological polar surface area (TPSA) is 54.0 Å². The molecule has 16 heavy (non-hydrogen) atoms. The average molecular weight is 233 g/mol. The first-order valence-corrected chi connectivity index (χ1v) is 4.41. The fourth-order valence-electron chi connectivity index (χ4n) is 1.00. The van der Waals surface area contributed by atoms with E-state index in [1.54, 1.807) is 7.05 Å². The van der Waals surface area contributed by atoms with Gasteiger partial charge in [0.2, 0.25) is 5.91 Å². The maximum Gasteiger partial charge on any atom is 0.433 e. The van der Waals surface area contributed by atoms with Crippen LogP contribution < -0.4 is 10.6 Å². The monoisotopic (exact) mass is 233 g/mol. The van der Waals surface area contributed by atoms with Crippen molar-refractivity contribution in [3.63, 3.8) is 0 Å². The molecule has 0 atom stereocenters. The number of carbonyl (C=O) groups is 1. The molecule has 88 valence electrons. The van der Waals surface area contributed by atoms with Crippen molar-refractivity contribution in [2.45, 2.75) is 6.18 Å². The Morgan fingerprint density at radius 1 is 1.44 bits per heavy atom. The standard InChI is InChI=1S/C9H10F3N3O/c1-13-5-8(16)15-6-2-3-7(14-4-6)9(10,11)12/h2-4,13H,5H2,1H3,(H,15,16). The molecule has 1 rings (SSSR count). The van der Waals surface area contributed by atoms with Crippen molar-refractivity contribution >= 4 is 11.6 Å². The molecule has 2 N–H and O–H groups in total. The molecule has 0 aliphatic carbocycles. The van der Waals surface area contributed by atoms with E-state index in [2.05, 4.69) is 15.6 Å². The third-order valence-corrected chi connectivity index (χ3v) is 1.68. The summed E-state index contributed by atoms with van der Waals surface area (Å²) < 4.78 is 36.4. The number of aromatic nitrogens is 1. The van der Waals surface area contributed by atoms with Crippen LogP contribution in [-0.4, -0.2) is 24.5 Å². The van der Waals surface area contributed by atoms with E-state index in [1.165, 1.54) is 0 Å². The van der Waals surface area contributed by atoms with E-state index in [1.807, 2.05) is 0 Å². The third-order valence-electron chi connectivity index (χ3n) is 1.68. The Morgan fingerprint density at radius 2 is 2.12 bits per heavy atom. The Kier molecular flexibility index (Phi) is 3.83. The van der Waals surface area contributed by atoms with Gasteiger partial charge in [-0.3, -0.25) is 4.79 Å². The van der Waals surface area contributed by atoms with Crippen LogP contribution in [0.5, 0.6) is 0 Å². The van der Waals surface area contributed by atoms with E-state index < -0.39 is 11.9 Å². The molecule has 1 aromatic heterocycles. The van der Waals surface area contributed by atoms with Gasteiger partial charge in [-0.2, -0.15) is 13.2 Å². The van der Waals surface area contributed by atoms with Crippen molar-refractivity contribution < 1.29 is 18.0 Å². The normalized spacial score (nSPS) is 11.2. The van der Waals surface area contributed by atoms with Crippen molar-refractivity contribution in [1.29, 1.82) is 0 Å². The van der Waals surface area contributed by atoms with E-state index >= 15 is 0 Å². The Hall–Kier alpha value is -1.63. The minimum atomic E-state index is -4.46. The first kappa shape index (κ1) is 12.4. The molecule has 0 bridgehead atoms. The highest BCUT2D eigenvalue weighted by molar-refractivity contribution is 5.91. The van der Waals surface area contributed by atoms with Gasteiger partial charge in [0.15, 0.2) is 0 Å². The summed E-state index contributed by atoms with van der Waals surface area (Å²) in [6.07, 6.45) is -3.50. The lowest BCUT2D eigenvalue weighted by Gasteiger charge is -2.07. The predicted octanol–water partition coefficient (Wildman–Crippen LogP) is 1.26. The van der Waals surface area contributed by atoms with E-state index in [0.717, 1.165) is 18.3 Å². The molecule has 1 amide bonds. The molecule has 0 unspecified atom stereocenters. The summed E-state index contributed by atoms with van der Waals surface area (Å²) in [4.78, 5) is 14.3. The maximum atomic E-state index is 12.1. The number of amides is 1. The van der Waals surface area contributed by atoms with Crippen LogP contribution in [0.25, 0.3) is 0 Å². The summed E-state index contributed by atoms with van der Waals surface area (Å²) in [6, 6.07) is 1.97. The molecule has 4 nitrogen and oxygen atoms in total. The zero-order valence-electron chi connectivity index (χ0n) is 8.43. The molecule has 0 fully saturated rings. The third kappa shape index (κ3) is 3.50. The Bertz CT molecular complexity index is 361. The second-order valence-electron chi connectivity index (χ2n) is 3.01. The molecule has 1 heterocycles. The number of rotatable bonds is 3. The highest BCUT2D eigenvalue weighted by atomic mass is 19.4. The molecule has 0 spiro atoms. The largest absolute Gasteiger partial charge is 0.433 e. The van der Waals surface area contributed by atoms with Gasteiger partial charge in [-0.05, 0) is 19.2 Å². The SMILES string of the molecule is CNCC(=O)Nc1ccc(C(F)(F)F)nc1. The lowest BCUT2D eigenvalue weighted by Crippen LogP contribution is -2.25. The highest BCUT2D eigenvalue weighted by Gasteiger charge is 2.32. The second-order valence-corrected chi connectivity index (χ2v) is 3.01. The van der Waals surface area contributed by atoms with Gasteiger partial charge in [0.25, 0.3) is 0 Å². The number of nitrogens with zero attached hydrogens (tertiary/aromatic N) is 1. The molecule has 0 aliphatic rings. The molecule has 0 saturated carbocycles. The van der Waals surface area contributed by atoms with Crippen molar-refractivity contribution in [1.82, 2.24) is 10.3 Å². The van der Waals surface area contributed by atoms with E-state index in [9.17, 15) is 18.0 Å². The Labute approximate surface area is 89.9 Å². The van der Waals surface area contributed by atoms with Crippen molar-refractivity contribution in [3.8, 4) is 0 Å². The lowest BCUT2D eigenvalue weighted by atomic mass is 10.3. The van der Waals surface area contributed by atoms with Crippen LogP contribution >= 0.6 is 0 Å². The van der Waals surface area contributed by atoms with Gasteiger partial charge in [0.05, 0.1) is 18.4 Å². The summed E-state index contributed by atoms with van der Waals surface area (Å²) in [6.45, 7) is 0.0843. The quantitative estimate of drug-likeness (QED) is 0.826. The van der Waals surface area contributed by atoms with Crippen LogP contribution in [0.15, 0.2) is 18.3 Å². The molecular formula is C9H10F3N3O. The maximum absolute atomic E-state index is 12.1. The fraction of sp³-hybridized carbons (Fsp3) is 0.333. The number of anilines is 1. The fourth-order valence-corrected chi connectivity index (χ4v) is 1.00. The van der Waals surface area contributed by atoms with Gasteiger partial charge in [-0.25, -0.2) is 4.98 Å². The minimum absolute atomic E-state index is 0.0843. The zero-order chi connectivity index (χ0) is 12.2. The molecule has 1 aromatic rings. The highest BCUT2D eigenvalue weighted by Crippen LogP contribution is 2.27.